The molecule has 0 rings (SSSR count). The minimum atomic E-state index is -0.801. The maximum absolute atomic E-state index is 11.1. The molecule has 1 amide bonds. The van der Waals surface area contributed by atoms with Crippen LogP contribution in [0.5, 0.6) is 0 Å². The predicted octanol–water partition coefficient (Wildman–Crippen LogP) is 2.45. The van der Waals surface area contributed by atoms with Crippen LogP contribution in [-0.2, 0) is 14.3 Å². The fourth-order valence-corrected chi connectivity index (χ4v) is 0.660. The van der Waals surface area contributed by atoms with Crippen molar-refractivity contribution in [2.45, 2.75) is 33.3 Å². The van der Waals surface area contributed by atoms with Crippen molar-refractivity contribution in [1.29, 1.82) is 0 Å². The molecule has 0 saturated carbocycles. The Bertz CT molecular complexity index is 326. The van der Waals surface area contributed by atoms with Crippen molar-refractivity contribution < 1.29 is 19.1 Å². The second-order valence-electron chi connectivity index (χ2n) is 3.99. The largest absolute Gasteiger partial charge is 0.466 e. The lowest BCUT2D eigenvalue weighted by molar-refractivity contribution is -0.134. The van der Waals surface area contributed by atoms with E-state index in [0.717, 1.165) is 6.08 Å². The van der Waals surface area contributed by atoms with E-state index in [1.54, 1.807) is 20.8 Å². The first-order valence-electron chi connectivity index (χ1n) is 4.65. The molecule has 0 N–H and O–H groups in total. The molecule has 0 aliphatic carbocycles. The number of methoxy groups -OCH3 is 1. The molecule has 90 valence electrons. The number of hydrogen-bond donors (Lipinski definition) is 0. The number of allylic oxidation sites excluding steroid dienone is 1. The summed E-state index contributed by atoms with van der Waals surface area (Å²) in [5, 5.41) is 6.79. The Morgan fingerprint density at radius 1 is 1.19 bits per heavy atom. The fraction of sp³-hybridized carbons (Fsp3) is 0.600. The van der Waals surface area contributed by atoms with Gasteiger partial charge in [-0.25, -0.2) is 9.59 Å². The van der Waals surface area contributed by atoms with Crippen LogP contribution in [-0.4, -0.2) is 24.8 Å². The molecule has 0 spiro atoms. The quantitative estimate of drug-likeness (QED) is 0.413. The number of ether oxygens (including phenoxy) is 2. The van der Waals surface area contributed by atoms with Gasteiger partial charge in [-0.15, -0.1) is 5.11 Å². The standard InChI is InChI=1S/C10H16N2O4/c1-7(6-8(13)15-5)11-12-9(14)16-10(2,3)4/h6H,1-5H3/b7-6-,12-11?. The van der Waals surface area contributed by atoms with Crippen LogP contribution in [0.4, 0.5) is 4.79 Å². The van der Waals surface area contributed by atoms with Crippen LogP contribution in [0.1, 0.15) is 27.7 Å². The van der Waals surface area contributed by atoms with E-state index in [0.29, 0.717) is 0 Å². The van der Waals surface area contributed by atoms with E-state index in [2.05, 4.69) is 15.0 Å². The van der Waals surface area contributed by atoms with Crippen molar-refractivity contribution in [3.63, 3.8) is 0 Å². The van der Waals surface area contributed by atoms with E-state index >= 15 is 0 Å². The number of rotatable bonds is 2. The van der Waals surface area contributed by atoms with E-state index < -0.39 is 17.7 Å². The molecule has 0 unspecified atom stereocenters. The molecule has 6 nitrogen and oxygen atoms in total. The van der Waals surface area contributed by atoms with Crippen LogP contribution in [0.3, 0.4) is 0 Å². The number of nitrogens with zero attached hydrogens (tertiary/aromatic N) is 2. The van der Waals surface area contributed by atoms with Crippen molar-refractivity contribution >= 4 is 12.1 Å². The van der Waals surface area contributed by atoms with Crippen LogP contribution in [0, 0.1) is 0 Å². The summed E-state index contributed by atoms with van der Waals surface area (Å²) in [7, 11) is 1.25. The summed E-state index contributed by atoms with van der Waals surface area (Å²) < 4.78 is 9.25. The highest BCUT2D eigenvalue weighted by molar-refractivity contribution is 5.82. The van der Waals surface area contributed by atoms with E-state index in [4.69, 9.17) is 4.74 Å². The minimum Gasteiger partial charge on any atom is -0.466 e. The molecule has 6 heteroatoms. The molecule has 0 aliphatic heterocycles. The lowest BCUT2D eigenvalue weighted by Crippen LogP contribution is -2.21. The molecule has 0 aromatic carbocycles. The van der Waals surface area contributed by atoms with Crippen LogP contribution in [0.2, 0.25) is 0 Å². The number of hydrogen-bond acceptors (Lipinski definition) is 5. The summed E-state index contributed by atoms with van der Waals surface area (Å²) in [5.74, 6) is -0.555. The Balaban J connectivity index is 4.34. The van der Waals surface area contributed by atoms with Crippen molar-refractivity contribution in [2.75, 3.05) is 7.11 Å². The van der Waals surface area contributed by atoms with Gasteiger partial charge in [-0.2, -0.15) is 0 Å². The van der Waals surface area contributed by atoms with Crippen LogP contribution >= 0.6 is 0 Å². The Morgan fingerprint density at radius 3 is 2.19 bits per heavy atom. The molecule has 0 aliphatic rings. The Labute approximate surface area is 94.3 Å². The third-order valence-corrected chi connectivity index (χ3v) is 1.21. The van der Waals surface area contributed by atoms with Crippen LogP contribution in [0.25, 0.3) is 0 Å². The number of carbonyl (C=O) groups is 2. The molecule has 0 radical (unpaired) electrons. The van der Waals surface area contributed by atoms with Crippen molar-refractivity contribution in [3.05, 3.63) is 11.8 Å². The van der Waals surface area contributed by atoms with Gasteiger partial charge in [0.2, 0.25) is 0 Å². The molecule has 16 heavy (non-hydrogen) atoms. The highest BCUT2D eigenvalue weighted by atomic mass is 16.6. The number of carbonyl (C=O) groups excluding carboxylic acids is 2. The average molecular weight is 228 g/mol. The molecule has 0 bridgehead atoms. The Hall–Kier alpha value is -1.72. The van der Waals surface area contributed by atoms with Gasteiger partial charge in [0.15, 0.2) is 0 Å². The maximum atomic E-state index is 11.1. The normalized spacial score (nSPS) is 12.7. The maximum Gasteiger partial charge on any atom is 0.452 e. The highest BCUT2D eigenvalue weighted by Crippen LogP contribution is 2.08. The van der Waals surface area contributed by atoms with Crippen LogP contribution < -0.4 is 0 Å². The van der Waals surface area contributed by atoms with Gasteiger partial charge in [-0.3, -0.25) is 0 Å². The van der Waals surface area contributed by atoms with Crippen molar-refractivity contribution in [1.82, 2.24) is 0 Å². The van der Waals surface area contributed by atoms with E-state index in [1.807, 2.05) is 0 Å². The van der Waals surface area contributed by atoms with Gasteiger partial charge in [0.25, 0.3) is 0 Å². The minimum absolute atomic E-state index is 0.262. The topological polar surface area (TPSA) is 77.3 Å². The molecular formula is C10H16N2O4. The molecule has 0 saturated heterocycles. The van der Waals surface area contributed by atoms with Gasteiger partial charge < -0.3 is 9.47 Å². The van der Waals surface area contributed by atoms with Crippen molar-refractivity contribution in [2.24, 2.45) is 10.2 Å². The summed E-state index contributed by atoms with van der Waals surface area (Å²) in [6.45, 7) is 6.68. The Kier molecular flexibility index (Phi) is 5.35. The van der Waals surface area contributed by atoms with Gasteiger partial charge in [0, 0.05) is 6.08 Å². The van der Waals surface area contributed by atoms with E-state index in [1.165, 1.54) is 14.0 Å². The summed E-state index contributed by atoms with van der Waals surface area (Å²) >= 11 is 0. The molecule has 0 fully saturated rings. The monoisotopic (exact) mass is 228 g/mol. The second kappa shape index (κ2) is 5.99. The van der Waals surface area contributed by atoms with Gasteiger partial charge in [0.1, 0.15) is 5.60 Å². The summed E-state index contributed by atoms with van der Waals surface area (Å²) in [6, 6.07) is 0. The van der Waals surface area contributed by atoms with Gasteiger partial charge in [0.05, 0.1) is 12.8 Å². The lowest BCUT2D eigenvalue weighted by atomic mass is 10.2. The first kappa shape index (κ1) is 14.3. The smallest absolute Gasteiger partial charge is 0.452 e. The zero-order valence-corrected chi connectivity index (χ0v) is 10.1. The first-order chi connectivity index (χ1) is 7.24. The SMILES string of the molecule is COC(=O)/C=C(/C)N=NC(=O)OC(C)(C)C. The molecule has 0 aromatic heterocycles. The second-order valence-corrected chi connectivity index (χ2v) is 3.99. The third kappa shape index (κ3) is 7.66. The third-order valence-electron chi connectivity index (χ3n) is 1.21. The zero-order chi connectivity index (χ0) is 12.8. The van der Waals surface area contributed by atoms with E-state index in [-0.39, 0.29) is 5.70 Å². The van der Waals surface area contributed by atoms with Crippen molar-refractivity contribution in [3.8, 4) is 0 Å². The lowest BCUT2D eigenvalue weighted by Gasteiger charge is -2.16. The van der Waals surface area contributed by atoms with Gasteiger partial charge in [-0.05, 0) is 27.7 Å². The predicted molar refractivity (Wildman–Crippen MR) is 56.9 cm³/mol. The highest BCUT2D eigenvalue weighted by Gasteiger charge is 2.15. The molecule has 0 heterocycles. The fourth-order valence-electron chi connectivity index (χ4n) is 0.660. The average Bonchev–Trinajstić information content (AvgIpc) is 2.12. The molecule has 0 aromatic rings. The molecular weight excluding hydrogens is 212 g/mol. The van der Waals surface area contributed by atoms with Crippen LogP contribution in [0.15, 0.2) is 22.0 Å². The number of amides is 1. The number of azo groups is 1. The van der Waals surface area contributed by atoms with E-state index in [9.17, 15) is 9.59 Å². The van der Waals surface area contributed by atoms with Gasteiger partial charge in [-0.1, -0.05) is 5.11 Å². The summed E-state index contributed by atoms with van der Waals surface area (Å²) in [5.41, 5.74) is -0.353. The summed E-state index contributed by atoms with van der Waals surface area (Å²) in [4.78, 5) is 21.9. The zero-order valence-electron chi connectivity index (χ0n) is 10.1. The molecule has 0 atom stereocenters. The first-order valence-corrected chi connectivity index (χ1v) is 4.65. The summed E-state index contributed by atoms with van der Waals surface area (Å²) in [6.07, 6.45) is 0.318. The van der Waals surface area contributed by atoms with Gasteiger partial charge >= 0.3 is 12.1 Å². The number of esters is 1. The Morgan fingerprint density at radius 2 is 1.75 bits per heavy atom.